The second-order valence-electron chi connectivity index (χ2n) is 6.30. The molecule has 2 aliphatic rings. The molecule has 130 valence electrons. The summed E-state index contributed by atoms with van der Waals surface area (Å²) in [5, 5.41) is 0.619. The van der Waals surface area contributed by atoms with Crippen molar-refractivity contribution in [2.75, 3.05) is 0 Å². The molecule has 0 unspecified atom stereocenters. The maximum atomic E-state index is 12.3. The van der Waals surface area contributed by atoms with Crippen LogP contribution in [0.5, 0.6) is 0 Å². The fourth-order valence-electron chi connectivity index (χ4n) is 3.03. The van der Waals surface area contributed by atoms with Gasteiger partial charge >= 0.3 is 5.69 Å². The van der Waals surface area contributed by atoms with E-state index in [0.29, 0.717) is 17.1 Å². The van der Waals surface area contributed by atoms with Crippen LogP contribution in [0.15, 0.2) is 46.0 Å². The van der Waals surface area contributed by atoms with Crippen LogP contribution in [0.25, 0.3) is 22.6 Å². The Morgan fingerprint density at radius 1 is 1.08 bits per heavy atom. The van der Waals surface area contributed by atoms with Gasteiger partial charge in [-0.25, -0.2) is 9.78 Å². The van der Waals surface area contributed by atoms with E-state index in [4.69, 9.17) is 11.6 Å². The first kappa shape index (κ1) is 16.5. The number of aromatic amines is 1. The number of benzene rings is 2. The molecule has 26 heavy (non-hydrogen) atoms. The van der Waals surface area contributed by atoms with E-state index in [9.17, 15) is 9.59 Å². The van der Waals surface area contributed by atoms with Crippen molar-refractivity contribution in [3.63, 3.8) is 0 Å². The van der Waals surface area contributed by atoms with Gasteiger partial charge in [0.1, 0.15) is 0 Å². The van der Waals surface area contributed by atoms with Crippen LogP contribution in [0.2, 0.25) is 5.02 Å². The Labute approximate surface area is 153 Å². The maximum Gasteiger partial charge on any atom is 0.349 e. The Kier molecular flexibility index (Phi) is 3.85. The Morgan fingerprint density at radius 3 is 2.62 bits per heavy atom. The fourth-order valence-corrected chi connectivity index (χ4v) is 3.24. The number of rotatable bonds is 2. The number of hydrogen-bond donors (Lipinski definition) is 1. The highest BCUT2D eigenvalue weighted by atomic mass is 35.5. The van der Waals surface area contributed by atoms with Crippen molar-refractivity contribution in [2.24, 2.45) is 0 Å². The molecule has 2 aromatic rings. The Bertz CT molecular complexity index is 1240. The number of fused-ring (bicyclic) bond motifs is 2. The zero-order valence-electron chi connectivity index (χ0n) is 14.2. The van der Waals surface area contributed by atoms with Gasteiger partial charge in [-0.15, -0.1) is 0 Å². The van der Waals surface area contributed by atoms with Gasteiger partial charge in [-0.1, -0.05) is 23.7 Å². The first-order valence-corrected chi connectivity index (χ1v) is 8.46. The molecule has 0 radical (unpaired) electrons. The summed E-state index contributed by atoms with van der Waals surface area (Å²) in [5.41, 5.74) is 3.49. The molecule has 7 heteroatoms. The summed E-state index contributed by atoms with van der Waals surface area (Å²) >= 11 is 6.10. The topological polar surface area (TPSA) is 80.6 Å². The van der Waals surface area contributed by atoms with Crippen molar-refractivity contribution >= 4 is 22.6 Å². The molecule has 2 aromatic carbocycles. The highest BCUT2D eigenvalue weighted by Gasteiger charge is 2.19. The van der Waals surface area contributed by atoms with Crippen molar-refractivity contribution in [1.29, 1.82) is 0 Å². The summed E-state index contributed by atoms with van der Waals surface area (Å²) < 4.78 is 1.84. The Hall–Kier alpha value is -2.99. The minimum atomic E-state index is -0.688. The number of nitrogens with zero attached hydrogens (tertiary/aromatic N) is 3. The number of aromatic nitrogens is 4. The van der Waals surface area contributed by atoms with Crippen LogP contribution in [0.1, 0.15) is 16.7 Å². The van der Waals surface area contributed by atoms with Crippen LogP contribution in [-0.4, -0.2) is 19.5 Å². The van der Waals surface area contributed by atoms with Crippen LogP contribution in [0.3, 0.4) is 0 Å². The summed E-state index contributed by atoms with van der Waals surface area (Å²) in [4.78, 5) is 34.7. The van der Waals surface area contributed by atoms with Crippen LogP contribution < -0.4 is 11.2 Å². The normalized spacial score (nSPS) is 11.3. The molecule has 0 spiro atoms. The molecule has 2 aliphatic heterocycles. The average Bonchev–Trinajstić information content (AvgIpc) is 2.57. The van der Waals surface area contributed by atoms with Gasteiger partial charge in [-0.2, -0.15) is 4.98 Å². The predicted octanol–water partition coefficient (Wildman–Crippen LogP) is 2.90. The zero-order valence-corrected chi connectivity index (χ0v) is 15.0. The minimum Gasteiger partial charge on any atom is -0.318 e. The average molecular weight is 367 g/mol. The number of nitrogens with one attached hydrogen (secondary N) is 1. The van der Waals surface area contributed by atoms with E-state index < -0.39 is 11.2 Å². The highest BCUT2D eigenvalue weighted by molar-refractivity contribution is 6.30. The fraction of sp³-hybridized carbons (Fsp3) is 0.158. The lowest BCUT2D eigenvalue weighted by molar-refractivity contribution is 0.789. The summed E-state index contributed by atoms with van der Waals surface area (Å²) in [7, 11) is 0. The summed E-state index contributed by atoms with van der Waals surface area (Å²) in [6.07, 6.45) is 0. The molecule has 0 aliphatic carbocycles. The van der Waals surface area contributed by atoms with Crippen molar-refractivity contribution < 1.29 is 0 Å². The number of aryl methyl sites for hydroxylation is 2. The molecule has 0 aromatic heterocycles. The maximum absolute atomic E-state index is 12.3. The summed E-state index contributed by atoms with van der Waals surface area (Å²) in [6.45, 7) is 4.41. The van der Waals surface area contributed by atoms with E-state index in [1.54, 1.807) is 6.07 Å². The summed E-state index contributed by atoms with van der Waals surface area (Å²) in [6, 6.07) is 11.4. The van der Waals surface area contributed by atoms with Crippen LogP contribution in [0, 0.1) is 13.8 Å². The minimum absolute atomic E-state index is 0.141. The molecule has 6 nitrogen and oxygen atoms in total. The molecule has 1 N–H and O–H groups in total. The van der Waals surface area contributed by atoms with E-state index in [1.165, 1.54) is 0 Å². The second kappa shape index (κ2) is 6.07. The lowest BCUT2D eigenvalue weighted by Gasteiger charge is -2.18. The van der Waals surface area contributed by atoms with E-state index >= 15 is 0 Å². The molecule has 0 amide bonds. The Morgan fingerprint density at radius 2 is 1.85 bits per heavy atom. The Balaban J connectivity index is 2.10. The zero-order chi connectivity index (χ0) is 18.4. The highest BCUT2D eigenvalue weighted by Crippen LogP contribution is 2.25. The van der Waals surface area contributed by atoms with Crippen molar-refractivity contribution in [3.05, 3.63) is 78.9 Å². The van der Waals surface area contributed by atoms with Gasteiger partial charge in [0, 0.05) is 11.6 Å². The molecular weight excluding hydrogens is 352 g/mol. The monoisotopic (exact) mass is 366 g/mol. The molecule has 4 rings (SSSR count). The van der Waals surface area contributed by atoms with E-state index in [0.717, 1.165) is 22.2 Å². The lowest BCUT2D eigenvalue weighted by Crippen LogP contribution is -2.29. The third-order valence-electron chi connectivity index (χ3n) is 4.45. The van der Waals surface area contributed by atoms with Gasteiger partial charge in [0.05, 0.1) is 11.0 Å². The predicted molar refractivity (Wildman–Crippen MR) is 101 cm³/mol. The number of H-pyrrole nitrogens is 1. The van der Waals surface area contributed by atoms with Crippen molar-refractivity contribution in [2.45, 2.75) is 20.4 Å². The van der Waals surface area contributed by atoms with Gasteiger partial charge < -0.3 is 4.57 Å². The first-order valence-electron chi connectivity index (χ1n) is 8.08. The molecule has 2 heterocycles. The van der Waals surface area contributed by atoms with E-state index in [-0.39, 0.29) is 11.5 Å². The smallest absolute Gasteiger partial charge is 0.318 e. The number of hydrogen-bond acceptors (Lipinski definition) is 4. The third-order valence-corrected chi connectivity index (χ3v) is 4.69. The van der Waals surface area contributed by atoms with Crippen molar-refractivity contribution in [3.8, 4) is 11.5 Å². The van der Waals surface area contributed by atoms with Crippen molar-refractivity contribution in [1.82, 2.24) is 19.5 Å². The third kappa shape index (κ3) is 2.78. The largest absolute Gasteiger partial charge is 0.349 e. The van der Waals surface area contributed by atoms with Gasteiger partial charge in [0.2, 0.25) is 0 Å². The molecule has 0 bridgehead atoms. The second-order valence-corrected chi connectivity index (χ2v) is 6.73. The van der Waals surface area contributed by atoms with E-state index in [1.807, 2.05) is 48.7 Å². The van der Waals surface area contributed by atoms with Crippen LogP contribution in [-0.2, 0) is 6.54 Å². The van der Waals surface area contributed by atoms with Gasteiger partial charge in [-0.3, -0.25) is 9.78 Å². The molecule has 0 saturated heterocycles. The number of halogens is 1. The molecule has 0 saturated carbocycles. The quantitative estimate of drug-likeness (QED) is 0.553. The first-order chi connectivity index (χ1) is 12.4. The van der Waals surface area contributed by atoms with Gasteiger partial charge in [-0.05, 0) is 54.8 Å². The van der Waals surface area contributed by atoms with E-state index in [2.05, 4.69) is 15.0 Å². The standard InChI is InChI=1S/C19H15ClN4O2/c1-10-6-14-15(7-11(10)2)24(9-12-4-3-5-13(20)8-12)17-16(21-14)18(25)23-19(26)22-17/h3-8H,9H2,1-2H3,(H,23,25,26). The van der Waals surface area contributed by atoms with Gasteiger partial charge in [0.25, 0.3) is 5.56 Å². The molecule has 0 fully saturated rings. The molecular formula is C19H15ClN4O2. The lowest BCUT2D eigenvalue weighted by atomic mass is 10.1. The van der Waals surface area contributed by atoms with Gasteiger partial charge in [0.15, 0.2) is 11.5 Å². The van der Waals surface area contributed by atoms with Crippen LogP contribution >= 0.6 is 11.6 Å². The summed E-state index contributed by atoms with van der Waals surface area (Å²) in [5.74, 6) is 0.259. The molecule has 0 atom stereocenters. The SMILES string of the molecule is Cc1cc2nc3c(=O)[nH]c(=O)nc-3n(Cc3cccc(Cl)c3)c2cc1C. The van der Waals surface area contributed by atoms with Crippen LogP contribution in [0.4, 0.5) is 0 Å².